The lowest BCUT2D eigenvalue weighted by atomic mass is 9.84. The van der Waals surface area contributed by atoms with Crippen molar-refractivity contribution in [3.05, 3.63) is 36.6 Å². The summed E-state index contributed by atoms with van der Waals surface area (Å²) in [5.41, 5.74) is 0.697. The Morgan fingerprint density at radius 1 is 1.50 bits per heavy atom. The number of carbonyl (C=O) groups is 1. The number of rotatable bonds is 2. The zero-order valence-corrected chi connectivity index (χ0v) is 9.04. The fraction of sp³-hybridized carbons (Fsp3) is 0.333. The van der Waals surface area contributed by atoms with Gasteiger partial charge in [-0.25, -0.2) is 0 Å². The number of fused-ring (bicyclic) bond motifs is 1. The molecule has 0 bridgehead atoms. The molecule has 2 atom stereocenters. The van der Waals surface area contributed by atoms with E-state index in [0.29, 0.717) is 12.3 Å². The van der Waals surface area contributed by atoms with E-state index in [4.69, 9.17) is 4.74 Å². The summed E-state index contributed by atoms with van der Waals surface area (Å²) in [5.74, 6) is -0.743. The van der Waals surface area contributed by atoms with Crippen LogP contribution in [0.2, 0.25) is 0 Å². The molecule has 1 aliphatic heterocycles. The molecule has 0 saturated heterocycles. The van der Waals surface area contributed by atoms with E-state index in [1.165, 1.54) is 6.20 Å². The van der Waals surface area contributed by atoms with Gasteiger partial charge in [-0.1, -0.05) is 18.2 Å². The molecule has 4 heteroatoms. The van der Waals surface area contributed by atoms with E-state index in [9.17, 15) is 10.0 Å². The Kier molecular flexibility index (Phi) is 2.90. The maximum atomic E-state index is 11.7. The van der Waals surface area contributed by atoms with Crippen molar-refractivity contribution >= 4 is 11.7 Å². The van der Waals surface area contributed by atoms with Gasteiger partial charge in [-0.05, 0) is 13.0 Å². The largest absolute Gasteiger partial charge is 0.466 e. The maximum Gasteiger partial charge on any atom is 0.314 e. The molecule has 2 rings (SSSR count). The fourth-order valence-electron chi connectivity index (χ4n) is 1.92. The predicted molar refractivity (Wildman–Crippen MR) is 58.1 cm³/mol. The quantitative estimate of drug-likeness (QED) is 0.433. The summed E-state index contributed by atoms with van der Waals surface area (Å²) in [5, 5.41) is 9.61. The fourth-order valence-corrected chi connectivity index (χ4v) is 1.92. The van der Waals surface area contributed by atoms with Gasteiger partial charge in [-0.3, -0.25) is 10.0 Å². The minimum absolute atomic E-state index is 0.140. The van der Waals surface area contributed by atoms with Gasteiger partial charge in [0.15, 0.2) is 0 Å². The molecule has 1 N–H and O–H groups in total. The molecule has 0 fully saturated rings. The first kappa shape index (κ1) is 10.7. The van der Waals surface area contributed by atoms with E-state index in [0.717, 1.165) is 4.74 Å². The van der Waals surface area contributed by atoms with E-state index >= 15 is 0 Å². The highest BCUT2D eigenvalue weighted by Gasteiger charge is 2.38. The summed E-state index contributed by atoms with van der Waals surface area (Å²) >= 11 is 0. The average molecular weight is 220 g/mol. The standard InChI is InChI=1S/C12H14NO3/c1-2-16-12(14)10-7-8-13(15)11-6-4-3-5-9(10)11/h3-10,15H,2H2,1H3/q+1. The van der Waals surface area contributed by atoms with Gasteiger partial charge in [0.2, 0.25) is 11.9 Å². The third-order valence-corrected chi connectivity index (χ3v) is 2.68. The van der Waals surface area contributed by atoms with Gasteiger partial charge in [0.25, 0.3) is 0 Å². The highest BCUT2D eigenvalue weighted by atomic mass is 16.5. The molecule has 4 nitrogen and oxygen atoms in total. The topological polar surface area (TPSA) is 49.5 Å². The Labute approximate surface area is 93.8 Å². The molecule has 0 spiro atoms. The zero-order valence-electron chi connectivity index (χ0n) is 9.04. The normalized spacial score (nSPS) is 26.8. The van der Waals surface area contributed by atoms with Crippen LogP contribution in [-0.4, -0.2) is 28.2 Å². The first-order valence-corrected chi connectivity index (χ1v) is 5.29. The van der Waals surface area contributed by atoms with Crippen LogP contribution < -0.4 is 0 Å². The molecule has 0 aromatic carbocycles. The van der Waals surface area contributed by atoms with Crippen LogP contribution >= 0.6 is 0 Å². The first-order valence-electron chi connectivity index (χ1n) is 5.29. The Hall–Kier alpha value is -1.84. The number of allylic oxidation sites excluding steroid dienone is 4. The predicted octanol–water partition coefficient (Wildman–Crippen LogP) is 1.28. The van der Waals surface area contributed by atoms with Crippen molar-refractivity contribution in [3.8, 4) is 0 Å². The summed E-state index contributed by atoms with van der Waals surface area (Å²) in [6, 6.07) is 0. The van der Waals surface area contributed by atoms with Gasteiger partial charge in [0.05, 0.1) is 18.4 Å². The van der Waals surface area contributed by atoms with Crippen LogP contribution in [0.5, 0.6) is 0 Å². The Bertz CT molecular complexity index is 418. The summed E-state index contributed by atoms with van der Waals surface area (Å²) in [6.45, 7) is 2.15. The lowest BCUT2D eigenvalue weighted by Crippen LogP contribution is -2.35. The SMILES string of the molecule is CCOC(=O)C1C=C[N+](O)=C2C=CC=CC21. The minimum atomic E-state index is -0.348. The molecular formula is C12H14NO3+. The van der Waals surface area contributed by atoms with Gasteiger partial charge < -0.3 is 4.74 Å². The van der Waals surface area contributed by atoms with Gasteiger partial charge in [-0.2, -0.15) is 0 Å². The molecule has 84 valence electrons. The molecule has 0 radical (unpaired) electrons. The number of carbonyl (C=O) groups excluding carboxylic acids is 1. The second-order valence-corrected chi connectivity index (χ2v) is 3.66. The minimum Gasteiger partial charge on any atom is -0.466 e. The molecular weight excluding hydrogens is 206 g/mol. The van der Waals surface area contributed by atoms with Crippen LogP contribution in [0.25, 0.3) is 0 Å². The summed E-state index contributed by atoms with van der Waals surface area (Å²) < 4.78 is 6.05. The molecule has 1 heterocycles. The van der Waals surface area contributed by atoms with E-state index in [-0.39, 0.29) is 17.8 Å². The third kappa shape index (κ3) is 1.78. The average Bonchev–Trinajstić information content (AvgIpc) is 2.30. The van der Waals surface area contributed by atoms with Crippen LogP contribution in [0.4, 0.5) is 0 Å². The molecule has 0 aromatic rings. The van der Waals surface area contributed by atoms with E-state index < -0.39 is 0 Å². The van der Waals surface area contributed by atoms with Gasteiger partial charge in [0, 0.05) is 10.8 Å². The van der Waals surface area contributed by atoms with Crippen LogP contribution in [0, 0.1) is 11.8 Å². The van der Waals surface area contributed by atoms with Crippen molar-refractivity contribution in [2.75, 3.05) is 6.61 Å². The maximum absolute atomic E-state index is 11.7. The number of hydroxylamine groups is 1. The summed E-state index contributed by atoms with van der Waals surface area (Å²) in [6.07, 6.45) is 10.5. The lowest BCUT2D eigenvalue weighted by molar-refractivity contribution is -0.727. The zero-order chi connectivity index (χ0) is 11.5. The van der Waals surface area contributed by atoms with Crippen molar-refractivity contribution in [3.63, 3.8) is 0 Å². The van der Waals surface area contributed by atoms with Crippen LogP contribution in [0.1, 0.15) is 6.92 Å². The second-order valence-electron chi connectivity index (χ2n) is 3.66. The van der Waals surface area contributed by atoms with Crippen molar-refractivity contribution in [1.29, 1.82) is 0 Å². The molecule has 0 amide bonds. The van der Waals surface area contributed by atoms with Crippen LogP contribution in [0.3, 0.4) is 0 Å². The van der Waals surface area contributed by atoms with Crippen molar-refractivity contribution < 1.29 is 19.5 Å². The van der Waals surface area contributed by atoms with Gasteiger partial charge in [0.1, 0.15) is 0 Å². The first-order chi connectivity index (χ1) is 7.74. The van der Waals surface area contributed by atoms with E-state index in [1.54, 1.807) is 19.1 Å². The van der Waals surface area contributed by atoms with Crippen molar-refractivity contribution in [2.45, 2.75) is 6.92 Å². The van der Waals surface area contributed by atoms with E-state index in [1.807, 2.05) is 18.2 Å². The Morgan fingerprint density at radius 3 is 3.06 bits per heavy atom. The lowest BCUT2D eigenvalue weighted by Gasteiger charge is -2.21. The Balaban J connectivity index is 2.26. The van der Waals surface area contributed by atoms with Gasteiger partial charge >= 0.3 is 5.97 Å². The van der Waals surface area contributed by atoms with Crippen LogP contribution in [-0.2, 0) is 9.53 Å². The van der Waals surface area contributed by atoms with Crippen molar-refractivity contribution in [1.82, 2.24) is 0 Å². The third-order valence-electron chi connectivity index (χ3n) is 2.68. The molecule has 2 aliphatic rings. The summed E-state index contributed by atoms with van der Waals surface area (Å²) in [7, 11) is 0. The molecule has 0 saturated carbocycles. The Morgan fingerprint density at radius 2 is 2.31 bits per heavy atom. The second kappa shape index (κ2) is 4.35. The highest BCUT2D eigenvalue weighted by molar-refractivity contribution is 5.99. The van der Waals surface area contributed by atoms with Gasteiger partial charge in [-0.15, -0.1) is 0 Å². The number of ether oxygens (including phenoxy) is 1. The monoisotopic (exact) mass is 220 g/mol. The number of hydrogen-bond acceptors (Lipinski definition) is 3. The highest BCUT2D eigenvalue weighted by Crippen LogP contribution is 2.25. The molecule has 2 unspecified atom stereocenters. The molecule has 0 aromatic heterocycles. The number of esters is 1. The van der Waals surface area contributed by atoms with Crippen LogP contribution in [0.15, 0.2) is 36.6 Å². The molecule has 1 aliphatic carbocycles. The van der Waals surface area contributed by atoms with E-state index in [2.05, 4.69) is 0 Å². The smallest absolute Gasteiger partial charge is 0.314 e. The van der Waals surface area contributed by atoms with Crippen molar-refractivity contribution in [2.24, 2.45) is 11.8 Å². The summed E-state index contributed by atoms with van der Waals surface area (Å²) in [4.78, 5) is 11.7. The molecule has 16 heavy (non-hydrogen) atoms. The number of hydrogen-bond donors (Lipinski definition) is 1. The number of nitrogens with zero attached hydrogens (tertiary/aromatic N) is 1.